The maximum Gasteiger partial charge on any atom is 0.123 e. The van der Waals surface area contributed by atoms with Crippen LogP contribution in [0.15, 0.2) is 24.3 Å². The fourth-order valence-corrected chi connectivity index (χ4v) is 1.79. The van der Waals surface area contributed by atoms with Crippen molar-refractivity contribution in [1.29, 1.82) is 0 Å². The van der Waals surface area contributed by atoms with Gasteiger partial charge >= 0.3 is 0 Å². The van der Waals surface area contributed by atoms with E-state index in [1.807, 2.05) is 25.1 Å². The van der Waals surface area contributed by atoms with Gasteiger partial charge in [-0.15, -0.1) is 0 Å². The quantitative estimate of drug-likeness (QED) is 0.659. The van der Waals surface area contributed by atoms with Crippen molar-refractivity contribution in [3.8, 4) is 5.75 Å². The van der Waals surface area contributed by atoms with E-state index in [1.54, 1.807) is 0 Å². The van der Waals surface area contributed by atoms with Gasteiger partial charge < -0.3 is 14.8 Å². The van der Waals surface area contributed by atoms with E-state index in [2.05, 4.69) is 25.2 Å². The topological polar surface area (TPSA) is 30.5 Å². The van der Waals surface area contributed by atoms with Gasteiger partial charge in [-0.1, -0.05) is 32.0 Å². The van der Waals surface area contributed by atoms with Crippen molar-refractivity contribution < 1.29 is 9.47 Å². The van der Waals surface area contributed by atoms with Crippen molar-refractivity contribution in [2.45, 2.75) is 33.7 Å². The molecule has 0 spiro atoms. The highest BCUT2D eigenvalue weighted by atomic mass is 16.5. The Balaban J connectivity index is 2.15. The molecular formula is C16H27NO2. The summed E-state index contributed by atoms with van der Waals surface area (Å²) in [5.74, 6) is 1.60. The molecule has 3 heteroatoms. The number of hydrogen-bond donors (Lipinski definition) is 1. The summed E-state index contributed by atoms with van der Waals surface area (Å²) in [5.41, 5.74) is 1.22. The van der Waals surface area contributed by atoms with Crippen LogP contribution in [0, 0.1) is 5.92 Å². The van der Waals surface area contributed by atoms with Gasteiger partial charge in [0.05, 0.1) is 6.61 Å². The molecule has 3 nitrogen and oxygen atoms in total. The number of nitrogens with one attached hydrogen (secondary N) is 1. The monoisotopic (exact) mass is 265 g/mol. The van der Waals surface area contributed by atoms with Gasteiger partial charge in [-0.25, -0.2) is 0 Å². The molecule has 0 saturated carbocycles. The standard InChI is InChI=1S/C16H27NO2/c1-4-19-16-9-6-5-8-15(16)12-17-10-7-11-18-13-14(2)3/h5-6,8-9,14,17H,4,7,10-13H2,1-3H3. The normalized spacial score (nSPS) is 10.9. The van der Waals surface area contributed by atoms with Crippen LogP contribution in [-0.4, -0.2) is 26.4 Å². The van der Waals surface area contributed by atoms with Crippen molar-refractivity contribution in [3.05, 3.63) is 29.8 Å². The molecule has 0 aliphatic carbocycles. The van der Waals surface area contributed by atoms with E-state index in [1.165, 1.54) is 5.56 Å². The minimum Gasteiger partial charge on any atom is -0.494 e. The van der Waals surface area contributed by atoms with Crippen LogP contribution < -0.4 is 10.1 Å². The first-order chi connectivity index (χ1) is 9.24. The summed E-state index contributed by atoms with van der Waals surface area (Å²) < 4.78 is 11.1. The van der Waals surface area contributed by atoms with E-state index in [0.717, 1.165) is 38.5 Å². The summed E-state index contributed by atoms with van der Waals surface area (Å²) in [6, 6.07) is 8.18. The summed E-state index contributed by atoms with van der Waals surface area (Å²) in [6.07, 6.45) is 1.05. The Hall–Kier alpha value is -1.06. The highest BCUT2D eigenvalue weighted by Crippen LogP contribution is 2.17. The Morgan fingerprint density at radius 1 is 1.21 bits per heavy atom. The molecule has 0 aromatic heterocycles. The van der Waals surface area contributed by atoms with E-state index in [4.69, 9.17) is 9.47 Å². The molecule has 0 amide bonds. The Labute approximate surface area is 117 Å². The van der Waals surface area contributed by atoms with Crippen LogP contribution in [0.5, 0.6) is 5.75 Å². The SMILES string of the molecule is CCOc1ccccc1CNCCCOCC(C)C. The molecule has 0 aliphatic heterocycles. The van der Waals surface area contributed by atoms with Gasteiger partial charge in [0.25, 0.3) is 0 Å². The van der Waals surface area contributed by atoms with Gasteiger partial charge in [-0.3, -0.25) is 0 Å². The minimum atomic E-state index is 0.617. The Morgan fingerprint density at radius 3 is 2.74 bits per heavy atom. The number of benzene rings is 1. The summed E-state index contributed by atoms with van der Waals surface area (Å²) in [6.45, 7) is 10.6. The molecule has 1 rings (SSSR count). The van der Waals surface area contributed by atoms with Crippen molar-refractivity contribution in [1.82, 2.24) is 5.32 Å². The molecule has 0 aliphatic rings. The Kier molecular flexibility index (Phi) is 8.26. The summed E-state index contributed by atoms with van der Waals surface area (Å²) in [7, 11) is 0. The van der Waals surface area contributed by atoms with Crippen molar-refractivity contribution >= 4 is 0 Å². The first-order valence-corrected chi connectivity index (χ1v) is 7.23. The molecular weight excluding hydrogens is 238 g/mol. The van der Waals surface area contributed by atoms with Gasteiger partial charge in [-0.05, 0) is 31.9 Å². The molecule has 1 N–H and O–H groups in total. The zero-order chi connectivity index (χ0) is 13.9. The zero-order valence-corrected chi connectivity index (χ0v) is 12.4. The smallest absolute Gasteiger partial charge is 0.123 e. The van der Waals surface area contributed by atoms with Crippen molar-refractivity contribution in [2.24, 2.45) is 5.92 Å². The molecule has 0 unspecified atom stereocenters. The van der Waals surface area contributed by atoms with Crippen LogP contribution in [0.4, 0.5) is 0 Å². The van der Waals surface area contributed by atoms with Crippen LogP contribution in [-0.2, 0) is 11.3 Å². The number of para-hydroxylation sites is 1. The van der Waals surface area contributed by atoms with Gasteiger partial charge in [0.2, 0.25) is 0 Å². The molecule has 0 fully saturated rings. The van der Waals surface area contributed by atoms with E-state index >= 15 is 0 Å². The average Bonchev–Trinajstić information content (AvgIpc) is 2.39. The van der Waals surface area contributed by atoms with Gasteiger partial charge in [0.15, 0.2) is 0 Å². The Morgan fingerprint density at radius 2 is 2.00 bits per heavy atom. The third-order valence-corrected chi connectivity index (χ3v) is 2.68. The molecule has 1 aromatic carbocycles. The van der Waals surface area contributed by atoms with E-state index in [0.29, 0.717) is 12.5 Å². The average molecular weight is 265 g/mol. The van der Waals surface area contributed by atoms with E-state index < -0.39 is 0 Å². The van der Waals surface area contributed by atoms with Crippen LogP contribution in [0.2, 0.25) is 0 Å². The van der Waals surface area contributed by atoms with Crippen LogP contribution in [0.1, 0.15) is 32.8 Å². The fourth-order valence-electron chi connectivity index (χ4n) is 1.79. The first kappa shape index (κ1) is 16.0. The molecule has 19 heavy (non-hydrogen) atoms. The van der Waals surface area contributed by atoms with Crippen LogP contribution in [0.25, 0.3) is 0 Å². The summed E-state index contributed by atoms with van der Waals surface area (Å²) >= 11 is 0. The number of rotatable bonds is 10. The molecule has 0 heterocycles. The predicted octanol–water partition coefficient (Wildman–Crippen LogP) is 3.24. The highest BCUT2D eigenvalue weighted by Gasteiger charge is 2.01. The lowest BCUT2D eigenvalue weighted by molar-refractivity contribution is 0.108. The molecule has 108 valence electrons. The number of ether oxygens (including phenoxy) is 2. The summed E-state index contributed by atoms with van der Waals surface area (Å²) in [5, 5.41) is 3.43. The highest BCUT2D eigenvalue weighted by molar-refractivity contribution is 5.33. The van der Waals surface area contributed by atoms with E-state index in [9.17, 15) is 0 Å². The number of hydrogen-bond acceptors (Lipinski definition) is 3. The van der Waals surface area contributed by atoms with Gasteiger partial charge in [0.1, 0.15) is 5.75 Å². The first-order valence-electron chi connectivity index (χ1n) is 7.23. The second-order valence-corrected chi connectivity index (χ2v) is 5.04. The van der Waals surface area contributed by atoms with Crippen LogP contribution in [0.3, 0.4) is 0 Å². The maximum atomic E-state index is 5.59. The van der Waals surface area contributed by atoms with Crippen molar-refractivity contribution in [3.63, 3.8) is 0 Å². The lowest BCUT2D eigenvalue weighted by Crippen LogP contribution is -2.17. The minimum absolute atomic E-state index is 0.617. The van der Waals surface area contributed by atoms with Crippen molar-refractivity contribution in [2.75, 3.05) is 26.4 Å². The third-order valence-electron chi connectivity index (χ3n) is 2.68. The van der Waals surface area contributed by atoms with Gasteiger partial charge in [0, 0.05) is 25.3 Å². The molecule has 1 aromatic rings. The molecule has 0 radical (unpaired) electrons. The molecule has 0 saturated heterocycles. The Bertz CT molecular complexity index is 339. The largest absolute Gasteiger partial charge is 0.494 e. The maximum absolute atomic E-state index is 5.59. The zero-order valence-electron chi connectivity index (χ0n) is 12.4. The second kappa shape index (κ2) is 9.82. The summed E-state index contributed by atoms with van der Waals surface area (Å²) in [4.78, 5) is 0. The molecule has 0 bridgehead atoms. The molecule has 0 atom stereocenters. The third kappa shape index (κ3) is 7.19. The predicted molar refractivity (Wildman–Crippen MR) is 79.6 cm³/mol. The second-order valence-electron chi connectivity index (χ2n) is 5.04. The lowest BCUT2D eigenvalue weighted by Gasteiger charge is -2.11. The van der Waals surface area contributed by atoms with E-state index in [-0.39, 0.29) is 0 Å². The van der Waals surface area contributed by atoms with Gasteiger partial charge in [-0.2, -0.15) is 0 Å². The lowest BCUT2D eigenvalue weighted by atomic mass is 10.2. The van der Waals surface area contributed by atoms with Crippen LogP contribution >= 0.6 is 0 Å². The fraction of sp³-hybridized carbons (Fsp3) is 0.625.